The minimum absolute atomic E-state index is 0.0547. The van der Waals surface area contributed by atoms with Gasteiger partial charge in [0.05, 0.1) is 4.90 Å². The van der Waals surface area contributed by atoms with Crippen LogP contribution < -0.4 is 4.72 Å². The molecule has 0 radical (unpaired) electrons. The molecule has 0 aromatic heterocycles. The molecule has 2 aliphatic carbocycles. The standard InChI is InChI=1S/C19H28N2O3S/c1-14-9-12-17(25(23,24)20-15-10-11-15)13-18(14)19(22)21(2)16-7-5-3-4-6-8-16/h9,12-13,15-16,20H,3-8,10-11H2,1-2H3. The predicted octanol–water partition coefficient (Wildman–Crippen LogP) is 3.23. The molecule has 0 bridgehead atoms. The lowest BCUT2D eigenvalue weighted by Crippen LogP contribution is -2.37. The molecule has 3 rings (SSSR count). The average Bonchev–Trinajstić information content (AvgIpc) is 3.40. The molecule has 2 fully saturated rings. The maximum absolute atomic E-state index is 13.0. The van der Waals surface area contributed by atoms with E-state index in [1.807, 2.05) is 18.9 Å². The number of nitrogens with zero attached hydrogens (tertiary/aromatic N) is 1. The molecule has 0 heterocycles. The van der Waals surface area contributed by atoms with Gasteiger partial charge in [-0.1, -0.05) is 31.7 Å². The molecule has 2 aliphatic rings. The fourth-order valence-corrected chi connectivity index (χ4v) is 4.82. The lowest BCUT2D eigenvalue weighted by Gasteiger charge is -2.28. The maximum Gasteiger partial charge on any atom is 0.254 e. The number of hydrogen-bond acceptors (Lipinski definition) is 3. The average molecular weight is 365 g/mol. The van der Waals surface area contributed by atoms with E-state index in [4.69, 9.17) is 0 Å². The summed E-state index contributed by atoms with van der Waals surface area (Å²) in [4.78, 5) is 15.0. The second-order valence-electron chi connectivity index (χ2n) is 7.43. The van der Waals surface area contributed by atoms with E-state index in [0.717, 1.165) is 44.1 Å². The summed E-state index contributed by atoms with van der Waals surface area (Å²) >= 11 is 0. The van der Waals surface area contributed by atoms with Gasteiger partial charge in [0, 0.05) is 24.7 Å². The van der Waals surface area contributed by atoms with Gasteiger partial charge in [0.25, 0.3) is 5.91 Å². The normalized spacial score (nSPS) is 19.4. The monoisotopic (exact) mass is 364 g/mol. The first-order chi connectivity index (χ1) is 11.9. The van der Waals surface area contributed by atoms with Crippen molar-refractivity contribution in [2.45, 2.75) is 75.3 Å². The van der Waals surface area contributed by atoms with Crippen LogP contribution in [0.3, 0.4) is 0 Å². The highest BCUT2D eigenvalue weighted by molar-refractivity contribution is 7.89. The molecular formula is C19H28N2O3S. The van der Waals surface area contributed by atoms with Crippen LogP contribution in [0.5, 0.6) is 0 Å². The van der Waals surface area contributed by atoms with Gasteiger partial charge in [-0.15, -0.1) is 0 Å². The van der Waals surface area contributed by atoms with Gasteiger partial charge in [0.15, 0.2) is 0 Å². The lowest BCUT2D eigenvalue weighted by molar-refractivity contribution is 0.0716. The van der Waals surface area contributed by atoms with Gasteiger partial charge in [0.1, 0.15) is 0 Å². The minimum atomic E-state index is -3.55. The van der Waals surface area contributed by atoms with Gasteiger partial charge in [-0.3, -0.25) is 4.79 Å². The van der Waals surface area contributed by atoms with Crippen LogP contribution in [0.4, 0.5) is 0 Å². The van der Waals surface area contributed by atoms with Crippen molar-refractivity contribution in [3.63, 3.8) is 0 Å². The third-order valence-corrected chi connectivity index (χ3v) is 6.86. The van der Waals surface area contributed by atoms with Crippen LogP contribution in [0.25, 0.3) is 0 Å². The number of sulfonamides is 1. The highest BCUT2D eigenvalue weighted by Crippen LogP contribution is 2.26. The molecule has 0 atom stereocenters. The molecule has 1 N–H and O–H groups in total. The molecule has 138 valence electrons. The van der Waals surface area contributed by atoms with Gasteiger partial charge >= 0.3 is 0 Å². The Kier molecular flexibility index (Phi) is 5.49. The van der Waals surface area contributed by atoms with Crippen LogP contribution in [0.1, 0.15) is 67.3 Å². The van der Waals surface area contributed by atoms with E-state index in [2.05, 4.69) is 4.72 Å². The number of amides is 1. The van der Waals surface area contributed by atoms with Crippen molar-refractivity contribution in [2.75, 3.05) is 7.05 Å². The van der Waals surface area contributed by atoms with Crippen LogP contribution in [0, 0.1) is 6.92 Å². The molecule has 25 heavy (non-hydrogen) atoms. The number of carbonyl (C=O) groups is 1. The Morgan fingerprint density at radius 3 is 2.32 bits per heavy atom. The lowest BCUT2D eigenvalue weighted by atomic mass is 10.0. The molecule has 0 saturated heterocycles. The van der Waals surface area contributed by atoms with Gasteiger partial charge in [0.2, 0.25) is 10.0 Å². The fourth-order valence-electron chi connectivity index (χ4n) is 3.49. The van der Waals surface area contributed by atoms with Crippen molar-refractivity contribution in [3.05, 3.63) is 29.3 Å². The largest absolute Gasteiger partial charge is 0.339 e. The van der Waals surface area contributed by atoms with E-state index in [9.17, 15) is 13.2 Å². The quantitative estimate of drug-likeness (QED) is 0.816. The number of carbonyl (C=O) groups excluding carboxylic acids is 1. The molecule has 6 heteroatoms. The zero-order valence-electron chi connectivity index (χ0n) is 15.1. The van der Waals surface area contributed by atoms with E-state index in [0.29, 0.717) is 5.56 Å². The Morgan fingerprint density at radius 2 is 1.72 bits per heavy atom. The zero-order valence-corrected chi connectivity index (χ0v) is 15.9. The Labute approximate surface area is 150 Å². The van der Waals surface area contributed by atoms with E-state index < -0.39 is 10.0 Å². The number of rotatable bonds is 5. The van der Waals surface area contributed by atoms with Crippen molar-refractivity contribution in [3.8, 4) is 0 Å². The zero-order chi connectivity index (χ0) is 18.0. The van der Waals surface area contributed by atoms with Gasteiger partial charge in [-0.2, -0.15) is 0 Å². The Balaban J connectivity index is 1.82. The van der Waals surface area contributed by atoms with Gasteiger partial charge in [-0.25, -0.2) is 13.1 Å². The summed E-state index contributed by atoms with van der Waals surface area (Å²) < 4.78 is 27.6. The van der Waals surface area contributed by atoms with Crippen molar-refractivity contribution < 1.29 is 13.2 Å². The molecule has 0 spiro atoms. The smallest absolute Gasteiger partial charge is 0.254 e. The number of benzene rings is 1. The predicted molar refractivity (Wildman–Crippen MR) is 98.1 cm³/mol. The Morgan fingerprint density at radius 1 is 1.08 bits per heavy atom. The molecule has 0 aliphatic heterocycles. The van der Waals surface area contributed by atoms with Crippen molar-refractivity contribution >= 4 is 15.9 Å². The van der Waals surface area contributed by atoms with Gasteiger partial charge < -0.3 is 4.90 Å². The highest BCUT2D eigenvalue weighted by atomic mass is 32.2. The molecule has 1 amide bonds. The van der Waals surface area contributed by atoms with Crippen LogP contribution >= 0.6 is 0 Å². The summed E-state index contributed by atoms with van der Waals surface area (Å²) in [7, 11) is -1.70. The third-order valence-electron chi connectivity index (χ3n) is 5.34. The van der Waals surface area contributed by atoms with Crippen molar-refractivity contribution in [1.29, 1.82) is 0 Å². The number of hydrogen-bond donors (Lipinski definition) is 1. The molecule has 1 aromatic rings. The second-order valence-corrected chi connectivity index (χ2v) is 9.15. The maximum atomic E-state index is 13.0. The summed E-state index contributed by atoms with van der Waals surface area (Å²) in [5.74, 6) is -0.0760. The van der Waals surface area contributed by atoms with Gasteiger partial charge in [-0.05, 0) is 50.3 Å². The Hall–Kier alpha value is -1.40. The van der Waals surface area contributed by atoms with Crippen molar-refractivity contribution in [2.24, 2.45) is 0 Å². The molecule has 5 nitrogen and oxygen atoms in total. The fraction of sp³-hybridized carbons (Fsp3) is 0.632. The van der Waals surface area contributed by atoms with Crippen molar-refractivity contribution in [1.82, 2.24) is 9.62 Å². The third kappa shape index (κ3) is 4.42. The summed E-state index contributed by atoms with van der Waals surface area (Å²) in [6, 6.07) is 5.16. The first-order valence-electron chi connectivity index (χ1n) is 9.28. The summed E-state index contributed by atoms with van der Waals surface area (Å²) in [6.07, 6.45) is 8.62. The van der Waals surface area contributed by atoms with E-state index in [-0.39, 0.29) is 22.9 Å². The molecule has 0 unspecified atom stereocenters. The summed E-state index contributed by atoms with van der Waals surface area (Å²) in [6.45, 7) is 1.86. The SMILES string of the molecule is Cc1ccc(S(=O)(=O)NC2CC2)cc1C(=O)N(C)C1CCCCCC1. The Bertz CT molecular complexity index is 733. The van der Waals surface area contributed by atoms with E-state index >= 15 is 0 Å². The number of nitrogens with one attached hydrogen (secondary N) is 1. The number of aryl methyl sites for hydroxylation is 1. The second kappa shape index (κ2) is 7.46. The van der Waals surface area contributed by atoms with Crippen LogP contribution in [0.2, 0.25) is 0 Å². The first kappa shape index (κ1) is 18.4. The van der Waals surface area contributed by atoms with E-state index in [1.54, 1.807) is 12.1 Å². The van der Waals surface area contributed by atoms with Crippen LogP contribution in [-0.2, 0) is 10.0 Å². The topological polar surface area (TPSA) is 66.5 Å². The molecule has 2 saturated carbocycles. The molecule has 1 aromatic carbocycles. The van der Waals surface area contributed by atoms with Crippen LogP contribution in [-0.4, -0.2) is 38.4 Å². The molecular weight excluding hydrogens is 336 g/mol. The summed E-state index contributed by atoms with van der Waals surface area (Å²) in [5.41, 5.74) is 1.31. The van der Waals surface area contributed by atoms with E-state index in [1.165, 1.54) is 18.9 Å². The highest BCUT2D eigenvalue weighted by Gasteiger charge is 2.29. The summed E-state index contributed by atoms with van der Waals surface area (Å²) in [5, 5.41) is 0. The first-order valence-corrected chi connectivity index (χ1v) is 10.8. The minimum Gasteiger partial charge on any atom is -0.339 e. The van der Waals surface area contributed by atoms with Crippen LogP contribution in [0.15, 0.2) is 23.1 Å².